The number of rotatable bonds is 3. The van der Waals surface area contributed by atoms with Crippen LogP contribution in [0.25, 0.3) is 0 Å². The minimum absolute atomic E-state index is 1.06. The predicted molar refractivity (Wildman–Crippen MR) is 37.6 cm³/mol. The molecule has 0 aromatic carbocycles. The average molecular weight is 111 g/mol. The van der Waals surface area contributed by atoms with Crippen LogP contribution in [0.1, 0.15) is 40.0 Å². The molecule has 0 nitrogen and oxygen atoms in total. The zero-order valence-corrected chi connectivity index (χ0v) is 6.12. The summed E-state index contributed by atoms with van der Waals surface area (Å²) in [6, 6.07) is 0. The van der Waals surface area contributed by atoms with Gasteiger partial charge in [-0.2, -0.15) is 0 Å². The van der Waals surface area contributed by atoms with E-state index >= 15 is 0 Å². The number of allylic oxidation sites excluding steroid dienone is 2. The first kappa shape index (κ1) is 7.74. The Balaban J connectivity index is 3.29. The zero-order chi connectivity index (χ0) is 6.41. The summed E-state index contributed by atoms with van der Waals surface area (Å²) in [6.07, 6.45) is 6.79. The van der Waals surface area contributed by atoms with Crippen LogP contribution in [0.15, 0.2) is 5.57 Å². The van der Waals surface area contributed by atoms with E-state index in [0.717, 1.165) is 6.42 Å². The standard InChI is InChI=1S/C8H15/c1-4-6-8(3)7-5-2/h4-6H2,1-3H3. The molecular weight excluding hydrogens is 96.1 g/mol. The highest BCUT2D eigenvalue weighted by molar-refractivity contribution is 4.90. The largest absolute Gasteiger partial charge is 0.0699 e. The first-order chi connectivity index (χ1) is 3.81. The maximum absolute atomic E-state index is 3.26. The lowest BCUT2D eigenvalue weighted by molar-refractivity contribution is 0.889. The SMILES string of the molecule is CC/[C]=C(/C)CCC. The van der Waals surface area contributed by atoms with Crippen molar-refractivity contribution in [2.24, 2.45) is 0 Å². The summed E-state index contributed by atoms with van der Waals surface area (Å²) in [5.74, 6) is 0. The van der Waals surface area contributed by atoms with E-state index in [-0.39, 0.29) is 0 Å². The van der Waals surface area contributed by atoms with Crippen molar-refractivity contribution in [2.75, 3.05) is 0 Å². The summed E-state index contributed by atoms with van der Waals surface area (Å²) >= 11 is 0. The van der Waals surface area contributed by atoms with Crippen molar-refractivity contribution in [3.8, 4) is 0 Å². The molecular formula is C8H15. The van der Waals surface area contributed by atoms with Gasteiger partial charge in [-0.25, -0.2) is 0 Å². The molecule has 0 N–H and O–H groups in total. The second-order valence-electron chi connectivity index (χ2n) is 2.06. The topological polar surface area (TPSA) is 0 Å². The molecule has 0 saturated carbocycles. The summed E-state index contributed by atoms with van der Waals surface area (Å²) < 4.78 is 0. The fraction of sp³-hybridized carbons (Fsp3) is 0.750. The summed E-state index contributed by atoms with van der Waals surface area (Å²) in [6.45, 7) is 6.47. The van der Waals surface area contributed by atoms with Crippen molar-refractivity contribution < 1.29 is 0 Å². The summed E-state index contributed by atoms with van der Waals surface area (Å²) in [7, 11) is 0. The zero-order valence-electron chi connectivity index (χ0n) is 6.12. The highest BCUT2D eigenvalue weighted by Crippen LogP contribution is 2.01. The van der Waals surface area contributed by atoms with Crippen molar-refractivity contribution in [1.82, 2.24) is 0 Å². The van der Waals surface area contributed by atoms with Gasteiger partial charge >= 0.3 is 0 Å². The van der Waals surface area contributed by atoms with Crippen LogP contribution in [0.3, 0.4) is 0 Å². The summed E-state index contributed by atoms with van der Waals surface area (Å²) in [5, 5.41) is 0. The van der Waals surface area contributed by atoms with Crippen molar-refractivity contribution >= 4 is 0 Å². The van der Waals surface area contributed by atoms with Gasteiger partial charge in [0, 0.05) is 0 Å². The van der Waals surface area contributed by atoms with Crippen LogP contribution < -0.4 is 0 Å². The van der Waals surface area contributed by atoms with Crippen molar-refractivity contribution in [3.63, 3.8) is 0 Å². The highest BCUT2D eigenvalue weighted by Gasteiger charge is 1.82. The molecule has 0 heterocycles. The molecule has 0 fully saturated rings. The van der Waals surface area contributed by atoms with Crippen LogP contribution in [0.4, 0.5) is 0 Å². The monoisotopic (exact) mass is 111 g/mol. The highest BCUT2D eigenvalue weighted by atomic mass is 13.9. The van der Waals surface area contributed by atoms with Crippen LogP contribution in [-0.2, 0) is 0 Å². The molecule has 0 aliphatic rings. The molecule has 0 aliphatic carbocycles. The molecule has 0 aromatic heterocycles. The average Bonchev–Trinajstić information content (AvgIpc) is 1.68. The Kier molecular flexibility index (Phi) is 4.73. The summed E-state index contributed by atoms with van der Waals surface area (Å²) in [5.41, 5.74) is 1.41. The fourth-order valence-electron chi connectivity index (χ4n) is 0.765. The van der Waals surface area contributed by atoms with Crippen LogP contribution in [0.2, 0.25) is 0 Å². The third-order valence-corrected chi connectivity index (χ3v) is 1.10. The molecule has 1 radical (unpaired) electrons. The van der Waals surface area contributed by atoms with Gasteiger partial charge in [0.1, 0.15) is 0 Å². The quantitative estimate of drug-likeness (QED) is 0.525. The van der Waals surface area contributed by atoms with E-state index in [2.05, 4.69) is 26.8 Å². The first-order valence-corrected chi connectivity index (χ1v) is 3.37. The Morgan fingerprint density at radius 1 is 1.38 bits per heavy atom. The van der Waals surface area contributed by atoms with Gasteiger partial charge in [-0.15, -0.1) is 0 Å². The first-order valence-electron chi connectivity index (χ1n) is 3.37. The van der Waals surface area contributed by atoms with Crippen LogP contribution in [0.5, 0.6) is 0 Å². The van der Waals surface area contributed by atoms with E-state index in [9.17, 15) is 0 Å². The van der Waals surface area contributed by atoms with Gasteiger partial charge in [0.25, 0.3) is 0 Å². The third-order valence-electron chi connectivity index (χ3n) is 1.10. The van der Waals surface area contributed by atoms with Gasteiger partial charge in [0.15, 0.2) is 0 Å². The lowest BCUT2D eigenvalue weighted by atomic mass is 10.1. The minimum Gasteiger partial charge on any atom is -0.0699 e. The molecule has 47 valence electrons. The normalized spacial score (nSPS) is 12.1. The van der Waals surface area contributed by atoms with Gasteiger partial charge in [0.2, 0.25) is 0 Å². The predicted octanol–water partition coefficient (Wildman–Crippen LogP) is 2.95. The molecule has 0 saturated heterocycles. The Morgan fingerprint density at radius 2 is 2.00 bits per heavy atom. The molecule has 8 heavy (non-hydrogen) atoms. The Hall–Kier alpha value is -0.260. The Labute approximate surface area is 52.6 Å². The smallest absolute Gasteiger partial charge is 0.0305 e. The van der Waals surface area contributed by atoms with E-state index in [1.54, 1.807) is 0 Å². The third kappa shape index (κ3) is 3.91. The fourth-order valence-corrected chi connectivity index (χ4v) is 0.765. The van der Waals surface area contributed by atoms with E-state index in [4.69, 9.17) is 0 Å². The van der Waals surface area contributed by atoms with E-state index < -0.39 is 0 Å². The Bertz CT molecular complexity index is 70.1. The van der Waals surface area contributed by atoms with Gasteiger partial charge in [-0.05, 0) is 25.8 Å². The van der Waals surface area contributed by atoms with Gasteiger partial charge in [-0.3, -0.25) is 0 Å². The molecule has 0 heteroatoms. The summed E-state index contributed by atoms with van der Waals surface area (Å²) in [4.78, 5) is 0. The second-order valence-corrected chi connectivity index (χ2v) is 2.06. The molecule has 0 bridgehead atoms. The van der Waals surface area contributed by atoms with Crippen LogP contribution in [-0.4, -0.2) is 0 Å². The molecule has 0 atom stereocenters. The molecule has 0 unspecified atom stereocenters. The molecule has 0 aliphatic heterocycles. The van der Waals surface area contributed by atoms with E-state index in [1.165, 1.54) is 18.4 Å². The second kappa shape index (κ2) is 4.89. The van der Waals surface area contributed by atoms with Gasteiger partial charge in [0.05, 0.1) is 0 Å². The Morgan fingerprint density at radius 3 is 2.38 bits per heavy atom. The van der Waals surface area contributed by atoms with Crippen LogP contribution in [0, 0.1) is 6.08 Å². The van der Waals surface area contributed by atoms with Crippen molar-refractivity contribution in [1.29, 1.82) is 0 Å². The molecule has 0 spiro atoms. The van der Waals surface area contributed by atoms with Crippen molar-refractivity contribution in [2.45, 2.75) is 40.0 Å². The molecule has 0 aromatic rings. The lowest BCUT2D eigenvalue weighted by Gasteiger charge is -1.92. The van der Waals surface area contributed by atoms with Gasteiger partial charge < -0.3 is 0 Å². The maximum atomic E-state index is 3.26. The van der Waals surface area contributed by atoms with Gasteiger partial charge in [-0.1, -0.05) is 25.8 Å². The van der Waals surface area contributed by atoms with Crippen LogP contribution >= 0.6 is 0 Å². The number of hydrogen-bond acceptors (Lipinski definition) is 0. The minimum atomic E-state index is 1.06. The lowest BCUT2D eigenvalue weighted by Crippen LogP contribution is -1.73. The molecule has 0 rings (SSSR count). The maximum Gasteiger partial charge on any atom is -0.0305 e. The van der Waals surface area contributed by atoms with Crippen molar-refractivity contribution in [3.05, 3.63) is 11.6 Å². The molecule has 0 amide bonds. The van der Waals surface area contributed by atoms with E-state index in [1.807, 2.05) is 0 Å². The van der Waals surface area contributed by atoms with E-state index in [0.29, 0.717) is 0 Å². The number of hydrogen-bond donors (Lipinski definition) is 0.